The number of aromatic nitrogens is 2. The van der Waals surface area contributed by atoms with Gasteiger partial charge in [0, 0.05) is 12.5 Å². The minimum absolute atomic E-state index is 0.201. The predicted molar refractivity (Wildman–Crippen MR) is 96.2 cm³/mol. The molecule has 2 fully saturated rings. The normalized spacial score (nSPS) is 29.2. The summed E-state index contributed by atoms with van der Waals surface area (Å²) in [7, 11) is 0. The summed E-state index contributed by atoms with van der Waals surface area (Å²) >= 11 is 6.01. The van der Waals surface area contributed by atoms with Gasteiger partial charge in [-0.1, -0.05) is 19.3 Å². The second kappa shape index (κ2) is 7.57. The first kappa shape index (κ1) is 19.2. The van der Waals surface area contributed by atoms with Crippen LogP contribution in [0.5, 0.6) is 0 Å². The minimum Gasteiger partial charge on any atom is -0.348 e. The number of unbranched alkanes of at least 4 members (excludes halogenated alkanes) is 2. The van der Waals surface area contributed by atoms with Gasteiger partial charge in [-0.05, 0) is 26.2 Å². The van der Waals surface area contributed by atoms with Gasteiger partial charge in [0.05, 0.1) is 5.88 Å². The molecule has 26 heavy (non-hydrogen) atoms. The lowest BCUT2D eigenvalue weighted by molar-refractivity contribution is -0.194. The van der Waals surface area contributed by atoms with Crippen LogP contribution in [0, 0.1) is 11.8 Å². The molecular weight excluding hydrogens is 360 g/mol. The highest BCUT2D eigenvalue weighted by Crippen LogP contribution is 2.43. The fourth-order valence-electron chi connectivity index (χ4n) is 3.26. The van der Waals surface area contributed by atoms with Gasteiger partial charge in [-0.25, -0.2) is 4.79 Å². The van der Waals surface area contributed by atoms with E-state index in [4.69, 9.17) is 25.8 Å². The molecular formula is C18H23ClN2O5. The van der Waals surface area contributed by atoms with Crippen molar-refractivity contribution >= 4 is 11.6 Å². The smallest absolute Gasteiger partial charge is 0.331 e. The van der Waals surface area contributed by atoms with E-state index in [9.17, 15) is 9.59 Å². The van der Waals surface area contributed by atoms with E-state index in [0.29, 0.717) is 12.1 Å². The lowest BCUT2D eigenvalue weighted by Gasteiger charge is -2.24. The standard InChI is InChI=1S/C18H23ClN2O5/c1-4-5-6-7-8-11-9-13(22)20-17(23)21(11)16-15-14(12(10-19)24-16)25-18(2,3)26-15/h9,12,14-16H,4-6,10H2,1-3H3,(H,20,22,23)/t12-,14-,15-,16-/m1/s1. The fraction of sp³-hybridized carbons (Fsp3) is 0.667. The summed E-state index contributed by atoms with van der Waals surface area (Å²) in [6, 6.07) is 1.30. The highest BCUT2D eigenvalue weighted by atomic mass is 35.5. The Labute approximate surface area is 156 Å². The molecule has 3 heterocycles. The first-order valence-corrected chi connectivity index (χ1v) is 9.31. The van der Waals surface area contributed by atoms with E-state index in [-0.39, 0.29) is 5.88 Å². The molecule has 0 unspecified atom stereocenters. The largest absolute Gasteiger partial charge is 0.348 e. The van der Waals surface area contributed by atoms with Gasteiger partial charge >= 0.3 is 5.69 Å². The SMILES string of the molecule is CCCCC#Cc1cc(=O)[nH]c(=O)n1[C@@H]1O[C@H](CCl)[C@H]2OC(C)(C)O[C@H]21. The zero-order chi connectivity index (χ0) is 18.9. The maximum atomic E-state index is 12.5. The molecule has 0 aromatic carbocycles. The number of aromatic amines is 1. The molecule has 0 bridgehead atoms. The van der Waals surface area contributed by atoms with Gasteiger partial charge in [-0.2, -0.15) is 0 Å². The Morgan fingerprint density at radius 1 is 1.31 bits per heavy atom. The fourth-order valence-corrected chi connectivity index (χ4v) is 3.51. The number of alkyl halides is 1. The number of rotatable bonds is 4. The van der Waals surface area contributed by atoms with Gasteiger partial charge < -0.3 is 14.2 Å². The van der Waals surface area contributed by atoms with Crippen LogP contribution in [-0.4, -0.2) is 39.5 Å². The molecule has 7 nitrogen and oxygen atoms in total. The van der Waals surface area contributed by atoms with Crippen LogP contribution in [0.15, 0.2) is 15.7 Å². The molecule has 2 aliphatic heterocycles. The molecule has 142 valence electrons. The van der Waals surface area contributed by atoms with Gasteiger partial charge in [0.2, 0.25) is 0 Å². The third kappa shape index (κ3) is 3.74. The van der Waals surface area contributed by atoms with Crippen LogP contribution in [0.25, 0.3) is 0 Å². The molecule has 2 saturated heterocycles. The van der Waals surface area contributed by atoms with E-state index in [1.807, 2.05) is 0 Å². The van der Waals surface area contributed by atoms with Crippen LogP contribution in [0.3, 0.4) is 0 Å². The van der Waals surface area contributed by atoms with Gasteiger partial charge in [-0.15, -0.1) is 11.6 Å². The lowest BCUT2D eigenvalue weighted by atomic mass is 10.1. The van der Waals surface area contributed by atoms with E-state index in [1.54, 1.807) is 13.8 Å². The minimum atomic E-state index is -0.805. The molecule has 4 atom stereocenters. The number of H-pyrrole nitrogens is 1. The first-order valence-electron chi connectivity index (χ1n) is 8.78. The topological polar surface area (TPSA) is 82.6 Å². The summed E-state index contributed by atoms with van der Waals surface area (Å²) < 4.78 is 19.1. The Morgan fingerprint density at radius 3 is 2.73 bits per heavy atom. The lowest BCUT2D eigenvalue weighted by Crippen LogP contribution is -2.39. The van der Waals surface area contributed by atoms with Crippen molar-refractivity contribution in [1.82, 2.24) is 9.55 Å². The molecule has 1 N–H and O–H groups in total. The van der Waals surface area contributed by atoms with Crippen LogP contribution in [-0.2, 0) is 14.2 Å². The Kier molecular flexibility index (Phi) is 5.58. The number of nitrogens with zero attached hydrogens (tertiary/aromatic N) is 1. The van der Waals surface area contributed by atoms with Crippen LogP contribution >= 0.6 is 11.6 Å². The van der Waals surface area contributed by atoms with Gasteiger partial charge in [-0.3, -0.25) is 14.3 Å². The Bertz CT molecular complexity index is 834. The van der Waals surface area contributed by atoms with Crippen LogP contribution in [0.4, 0.5) is 0 Å². The van der Waals surface area contributed by atoms with Gasteiger partial charge in [0.1, 0.15) is 24.0 Å². The van der Waals surface area contributed by atoms with Crippen molar-refractivity contribution in [2.24, 2.45) is 0 Å². The Morgan fingerprint density at radius 2 is 2.04 bits per heavy atom. The average Bonchev–Trinajstić information content (AvgIpc) is 3.04. The van der Waals surface area contributed by atoms with Crippen molar-refractivity contribution < 1.29 is 14.2 Å². The number of hydrogen-bond acceptors (Lipinski definition) is 5. The summed E-state index contributed by atoms with van der Waals surface area (Å²) in [5, 5.41) is 0. The van der Waals surface area contributed by atoms with E-state index < -0.39 is 41.6 Å². The molecule has 0 saturated carbocycles. The molecule has 3 rings (SSSR count). The molecule has 1 aromatic rings. The maximum Gasteiger partial charge on any atom is 0.331 e. The quantitative estimate of drug-likeness (QED) is 0.487. The van der Waals surface area contributed by atoms with Crippen molar-refractivity contribution in [2.75, 3.05) is 5.88 Å². The van der Waals surface area contributed by atoms with Crippen molar-refractivity contribution in [2.45, 2.75) is 70.4 Å². The molecule has 2 aliphatic rings. The van der Waals surface area contributed by atoms with E-state index >= 15 is 0 Å². The summed E-state index contributed by atoms with van der Waals surface area (Å²) in [6.07, 6.45) is 0.542. The Balaban J connectivity index is 2.01. The van der Waals surface area contributed by atoms with Gasteiger partial charge in [0.15, 0.2) is 12.0 Å². The summed E-state index contributed by atoms with van der Waals surface area (Å²) in [6.45, 7) is 5.67. The second-order valence-electron chi connectivity index (χ2n) is 6.88. The summed E-state index contributed by atoms with van der Waals surface area (Å²) in [5.41, 5.74) is -0.801. The summed E-state index contributed by atoms with van der Waals surface area (Å²) in [4.78, 5) is 26.5. The van der Waals surface area contributed by atoms with Crippen molar-refractivity contribution in [1.29, 1.82) is 0 Å². The molecule has 1 aromatic heterocycles. The Hall–Kier alpha value is -1.59. The number of fused-ring (bicyclic) bond motifs is 1. The zero-order valence-electron chi connectivity index (χ0n) is 15.1. The molecule has 0 radical (unpaired) electrons. The third-order valence-corrected chi connectivity index (χ3v) is 4.68. The number of nitrogens with one attached hydrogen (secondary N) is 1. The van der Waals surface area contributed by atoms with E-state index in [1.165, 1.54) is 10.6 Å². The van der Waals surface area contributed by atoms with E-state index in [2.05, 4.69) is 23.7 Å². The van der Waals surface area contributed by atoms with Crippen LogP contribution in [0.2, 0.25) is 0 Å². The number of halogens is 1. The molecule has 0 aliphatic carbocycles. The predicted octanol–water partition coefficient (Wildman–Crippen LogP) is 1.73. The molecule has 8 heteroatoms. The second-order valence-corrected chi connectivity index (χ2v) is 7.19. The van der Waals surface area contributed by atoms with E-state index in [0.717, 1.165) is 12.8 Å². The maximum absolute atomic E-state index is 12.5. The highest BCUT2D eigenvalue weighted by Gasteiger charge is 2.56. The first-order chi connectivity index (χ1) is 12.4. The summed E-state index contributed by atoms with van der Waals surface area (Å²) in [5.74, 6) is 5.33. The third-order valence-electron chi connectivity index (χ3n) is 4.38. The van der Waals surface area contributed by atoms with Gasteiger partial charge in [0.25, 0.3) is 5.56 Å². The van der Waals surface area contributed by atoms with Crippen LogP contribution in [0.1, 0.15) is 52.0 Å². The molecule has 0 amide bonds. The van der Waals surface area contributed by atoms with Crippen molar-refractivity contribution in [3.8, 4) is 11.8 Å². The highest BCUT2D eigenvalue weighted by molar-refractivity contribution is 6.18. The molecule has 0 spiro atoms. The van der Waals surface area contributed by atoms with Crippen molar-refractivity contribution in [3.63, 3.8) is 0 Å². The monoisotopic (exact) mass is 382 g/mol. The number of hydrogen-bond donors (Lipinski definition) is 1. The van der Waals surface area contributed by atoms with Crippen LogP contribution < -0.4 is 11.2 Å². The number of ether oxygens (including phenoxy) is 3. The van der Waals surface area contributed by atoms with Crippen molar-refractivity contribution in [3.05, 3.63) is 32.6 Å². The average molecular weight is 383 g/mol. The zero-order valence-corrected chi connectivity index (χ0v) is 15.8.